The van der Waals surface area contributed by atoms with Crippen LogP contribution in [0.4, 0.5) is 0 Å². The van der Waals surface area contributed by atoms with Gasteiger partial charge in [-0.15, -0.1) is 0 Å². The van der Waals surface area contributed by atoms with Gasteiger partial charge in [0, 0.05) is 10.5 Å². The predicted molar refractivity (Wildman–Crippen MR) is 80.7 cm³/mol. The summed E-state index contributed by atoms with van der Waals surface area (Å²) in [4.78, 5) is 0. The molecule has 2 aromatic carbocycles. The van der Waals surface area contributed by atoms with Crippen LogP contribution in [0.1, 0.15) is 16.7 Å². The molecule has 0 bridgehead atoms. The van der Waals surface area contributed by atoms with E-state index >= 15 is 0 Å². The molecule has 0 saturated heterocycles. The van der Waals surface area contributed by atoms with Crippen LogP contribution in [-0.4, -0.2) is 6.04 Å². The number of nitrogens with two attached hydrogens (primary N) is 1. The van der Waals surface area contributed by atoms with Crippen LogP contribution in [-0.2, 0) is 12.8 Å². The van der Waals surface area contributed by atoms with Gasteiger partial charge in [0.1, 0.15) is 0 Å². The molecule has 0 aliphatic heterocycles. The molecule has 0 heterocycles. The molecule has 0 saturated carbocycles. The van der Waals surface area contributed by atoms with E-state index in [-0.39, 0.29) is 6.04 Å². The zero-order valence-electron chi connectivity index (χ0n) is 10.6. The molecule has 0 amide bonds. The highest BCUT2D eigenvalue weighted by molar-refractivity contribution is 9.10. The topological polar surface area (TPSA) is 26.0 Å². The third-order valence-corrected chi connectivity index (χ3v) is 3.79. The number of aryl methyl sites for hydroxylation is 1. The van der Waals surface area contributed by atoms with Gasteiger partial charge in [-0.05, 0) is 37.0 Å². The van der Waals surface area contributed by atoms with Crippen molar-refractivity contribution in [1.82, 2.24) is 0 Å². The quantitative estimate of drug-likeness (QED) is 0.911. The first kappa shape index (κ1) is 13.3. The van der Waals surface area contributed by atoms with Crippen LogP contribution in [0, 0.1) is 6.92 Å². The molecule has 0 spiro atoms. The van der Waals surface area contributed by atoms with Crippen molar-refractivity contribution in [2.24, 2.45) is 5.73 Å². The Labute approximate surface area is 117 Å². The highest BCUT2D eigenvalue weighted by Crippen LogP contribution is 2.18. The van der Waals surface area contributed by atoms with Crippen molar-refractivity contribution in [1.29, 1.82) is 0 Å². The molecule has 0 aliphatic rings. The Hall–Kier alpha value is -1.12. The first-order chi connectivity index (χ1) is 8.65. The van der Waals surface area contributed by atoms with E-state index < -0.39 is 0 Å². The molecule has 1 unspecified atom stereocenters. The summed E-state index contributed by atoms with van der Waals surface area (Å²) in [5, 5.41) is 0. The number of hydrogen-bond donors (Lipinski definition) is 1. The van der Waals surface area contributed by atoms with E-state index in [1.54, 1.807) is 0 Å². The van der Waals surface area contributed by atoms with Crippen molar-refractivity contribution in [3.8, 4) is 0 Å². The van der Waals surface area contributed by atoms with Gasteiger partial charge in [0.25, 0.3) is 0 Å². The van der Waals surface area contributed by atoms with E-state index in [0.717, 1.165) is 17.3 Å². The fourth-order valence-electron chi connectivity index (χ4n) is 2.16. The molecule has 18 heavy (non-hydrogen) atoms. The monoisotopic (exact) mass is 303 g/mol. The van der Waals surface area contributed by atoms with Crippen molar-refractivity contribution in [3.05, 3.63) is 69.7 Å². The molecule has 1 nitrogen and oxygen atoms in total. The molecule has 0 aliphatic carbocycles. The largest absolute Gasteiger partial charge is 0.327 e. The van der Waals surface area contributed by atoms with Crippen molar-refractivity contribution < 1.29 is 0 Å². The lowest BCUT2D eigenvalue weighted by atomic mass is 9.99. The molecule has 94 valence electrons. The van der Waals surface area contributed by atoms with Crippen LogP contribution in [0.5, 0.6) is 0 Å². The maximum absolute atomic E-state index is 6.24. The van der Waals surface area contributed by atoms with Gasteiger partial charge in [0.05, 0.1) is 0 Å². The smallest absolute Gasteiger partial charge is 0.0207 e. The fourth-order valence-corrected chi connectivity index (χ4v) is 2.61. The lowest BCUT2D eigenvalue weighted by molar-refractivity contribution is 0.663. The second kappa shape index (κ2) is 6.17. The summed E-state index contributed by atoms with van der Waals surface area (Å²) in [7, 11) is 0. The Morgan fingerprint density at radius 2 is 1.83 bits per heavy atom. The van der Waals surface area contributed by atoms with Gasteiger partial charge in [-0.1, -0.05) is 64.0 Å². The zero-order chi connectivity index (χ0) is 13.0. The predicted octanol–water partition coefficient (Wildman–Crippen LogP) is 3.87. The normalized spacial score (nSPS) is 12.4. The van der Waals surface area contributed by atoms with Crippen LogP contribution < -0.4 is 5.73 Å². The van der Waals surface area contributed by atoms with E-state index in [0.29, 0.717) is 0 Å². The summed E-state index contributed by atoms with van der Waals surface area (Å²) < 4.78 is 1.14. The van der Waals surface area contributed by atoms with Gasteiger partial charge in [-0.3, -0.25) is 0 Å². The molecular formula is C16H18BrN. The number of halogens is 1. The van der Waals surface area contributed by atoms with E-state index in [1.807, 2.05) is 6.07 Å². The Balaban J connectivity index is 2.01. The number of benzene rings is 2. The lowest BCUT2D eigenvalue weighted by Crippen LogP contribution is -2.25. The van der Waals surface area contributed by atoms with Gasteiger partial charge >= 0.3 is 0 Å². The van der Waals surface area contributed by atoms with Crippen LogP contribution in [0.15, 0.2) is 53.0 Å². The van der Waals surface area contributed by atoms with Crippen molar-refractivity contribution in [2.45, 2.75) is 25.8 Å². The zero-order valence-corrected chi connectivity index (χ0v) is 12.2. The number of rotatable bonds is 4. The lowest BCUT2D eigenvalue weighted by Gasteiger charge is -2.13. The molecule has 0 fully saturated rings. The SMILES string of the molecule is Cc1cccc(CC(N)Cc2ccccc2Br)c1. The highest BCUT2D eigenvalue weighted by Gasteiger charge is 2.07. The van der Waals surface area contributed by atoms with E-state index in [1.165, 1.54) is 16.7 Å². The van der Waals surface area contributed by atoms with Gasteiger partial charge in [-0.2, -0.15) is 0 Å². The molecule has 2 aromatic rings. The van der Waals surface area contributed by atoms with Crippen molar-refractivity contribution in [2.75, 3.05) is 0 Å². The summed E-state index contributed by atoms with van der Waals surface area (Å²) in [5.41, 5.74) is 10.1. The third kappa shape index (κ3) is 3.69. The second-order valence-electron chi connectivity index (χ2n) is 4.75. The van der Waals surface area contributed by atoms with E-state index in [9.17, 15) is 0 Å². The summed E-state index contributed by atoms with van der Waals surface area (Å²) in [6.07, 6.45) is 1.82. The minimum absolute atomic E-state index is 0.158. The highest BCUT2D eigenvalue weighted by atomic mass is 79.9. The molecule has 1 atom stereocenters. The van der Waals surface area contributed by atoms with Gasteiger partial charge in [0.15, 0.2) is 0 Å². The Bertz CT molecular complexity index is 522. The summed E-state index contributed by atoms with van der Waals surface area (Å²) in [5.74, 6) is 0. The molecule has 2 heteroatoms. The summed E-state index contributed by atoms with van der Waals surface area (Å²) >= 11 is 3.57. The maximum Gasteiger partial charge on any atom is 0.0207 e. The number of hydrogen-bond acceptors (Lipinski definition) is 1. The fraction of sp³-hybridized carbons (Fsp3) is 0.250. The molecule has 0 aromatic heterocycles. The Kier molecular flexibility index (Phi) is 4.56. The van der Waals surface area contributed by atoms with Crippen molar-refractivity contribution >= 4 is 15.9 Å². The molecule has 0 radical (unpaired) electrons. The van der Waals surface area contributed by atoms with Crippen molar-refractivity contribution in [3.63, 3.8) is 0 Å². The molecule has 2 rings (SSSR count). The van der Waals surface area contributed by atoms with Crippen LogP contribution in [0.3, 0.4) is 0 Å². The van der Waals surface area contributed by atoms with Crippen LogP contribution in [0.2, 0.25) is 0 Å². The van der Waals surface area contributed by atoms with E-state index in [4.69, 9.17) is 5.73 Å². The first-order valence-electron chi connectivity index (χ1n) is 6.19. The van der Waals surface area contributed by atoms with Gasteiger partial charge < -0.3 is 5.73 Å². The minimum Gasteiger partial charge on any atom is -0.327 e. The maximum atomic E-state index is 6.24. The Morgan fingerprint density at radius 1 is 1.06 bits per heavy atom. The standard InChI is InChI=1S/C16H18BrN/c1-12-5-4-6-13(9-12)10-15(18)11-14-7-2-3-8-16(14)17/h2-9,15H,10-11,18H2,1H3. The third-order valence-electron chi connectivity index (χ3n) is 3.02. The summed E-state index contributed by atoms with van der Waals surface area (Å²) in [6, 6.07) is 17.0. The molecular weight excluding hydrogens is 286 g/mol. The molecule has 2 N–H and O–H groups in total. The average molecular weight is 304 g/mol. The first-order valence-corrected chi connectivity index (χ1v) is 6.99. The van der Waals surface area contributed by atoms with Crippen LogP contribution in [0.25, 0.3) is 0 Å². The second-order valence-corrected chi connectivity index (χ2v) is 5.60. The van der Waals surface area contributed by atoms with Gasteiger partial charge in [-0.25, -0.2) is 0 Å². The Morgan fingerprint density at radius 3 is 2.56 bits per heavy atom. The van der Waals surface area contributed by atoms with Gasteiger partial charge in [0.2, 0.25) is 0 Å². The minimum atomic E-state index is 0.158. The summed E-state index contributed by atoms with van der Waals surface area (Å²) in [6.45, 7) is 2.11. The van der Waals surface area contributed by atoms with Crippen LogP contribution >= 0.6 is 15.9 Å². The average Bonchev–Trinajstić information content (AvgIpc) is 2.32. The van der Waals surface area contributed by atoms with E-state index in [2.05, 4.69) is 65.3 Å².